The second-order valence-electron chi connectivity index (χ2n) is 9.95. The van der Waals surface area contributed by atoms with E-state index in [9.17, 15) is 4.79 Å². The molecule has 1 saturated heterocycles. The van der Waals surface area contributed by atoms with Crippen LogP contribution < -0.4 is 0 Å². The average molecular weight is 445 g/mol. The molecular weight excluding hydrogens is 408 g/mol. The molecule has 1 amide bonds. The van der Waals surface area contributed by atoms with E-state index in [4.69, 9.17) is 4.42 Å². The van der Waals surface area contributed by atoms with Gasteiger partial charge in [0.1, 0.15) is 11.5 Å². The summed E-state index contributed by atoms with van der Waals surface area (Å²) in [7, 11) is 0. The third-order valence-corrected chi connectivity index (χ3v) is 6.55. The Morgan fingerprint density at radius 2 is 1.73 bits per heavy atom. The van der Waals surface area contributed by atoms with Crippen LogP contribution in [0, 0.1) is 25.7 Å². The number of carbonyl (C=O) groups excluding carboxylic acids is 1. The smallest absolute Gasteiger partial charge is 0.253 e. The Balaban J connectivity index is 1.56. The van der Waals surface area contributed by atoms with Gasteiger partial charge in [-0.1, -0.05) is 61.9 Å². The number of hydrogen-bond acceptors (Lipinski definition) is 3. The number of hydrogen-bond donors (Lipinski definition) is 0. The fraction of sp³-hybridized carbons (Fsp3) is 0.414. The Morgan fingerprint density at radius 1 is 1.00 bits per heavy atom. The molecule has 0 bridgehead atoms. The molecule has 0 unspecified atom stereocenters. The van der Waals surface area contributed by atoms with Crippen LogP contribution in [0.5, 0.6) is 0 Å². The number of nitrogens with zero attached hydrogens (tertiary/aromatic N) is 2. The standard InChI is InChI=1S/C29H36N2O2/c1-21(2)16-31(29(32)25-13-10-22(3)11-14-25)18-26-17-30(19-27-15-12-23(4)33-27)20-28(26)24-8-6-5-7-9-24/h5-15,21,26,28H,16-20H2,1-4H3/t26-,28-/m0/s1. The maximum absolute atomic E-state index is 13.5. The quantitative estimate of drug-likeness (QED) is 0.433. The van der Waals surface area contributed by atoms with Gasteiger partial charge in [-0.15, -0.1) is 0 Å². The van der Waals surface area contributed by atoms with E-state index in [1.54, 1.807) is 0 Å². The Hall–Kier alpha value is -2.85. The van der Waals surface area contributed by atoms with Gasteiger partial charge in [-0.25, -0.2) is 0 Å². The predicted molar refractivity (Wildman–Crippen MR) is 133 cm³/mol. The highest BCUT2D eigenvalue weighted by molar-refractivity contribution is 5.94. The van der Waals surface area contributed by atoms with Gasteiger partial charge in [-0.3, -0.25) is 9.69 Å². The Morgan fingerprint density at radius 3 is 2.36 bits per heavy atom. The lowest BCUT2D eigenvalue weighted by molar-refractivity contribution is 0.0703. The summed E-state index contributed by atoms with van der Waals surface area (Å²) in [5, 5.41) is 0. The molecule has 2 atom stereocenters. The van der Waals surface area contributed by atoms with Crippen LogP contribution >= 0.6 is 0 Å². The van der Waals surface area contributed by atoms with Crippen LogP contribution in [0.2, 0.25) is 0 Å². The van der Waals surface area contributed by atoms with Gasteiger partial charge in [0.15, 0.2) is 0 Å². The fourth-order valence-corrected chi connectivity index (χ4v) is 4.99. The van der Waals surface area contributed by atoms with Crippen molar-refractivity contribution in [2.75, 3.05) is 26.2 Å². The lowest BCUT2D eigenvalue weighted by Gasteiger charge is -2.30. The molecule has 1 fully saturated rings. The van der Waals surface area contributed by atoms with Crippen molar-refractivity contribution in [3.63, 3.8) is 0 Å². The van der Waals surface area contributed by atoms with E-state index in [1.165, 1.54) is 11.1 Å². The highest BCUT2D eigenvalue weighted by Gasteiger charge is 2.36. The second kappa shape index (κ2) is 10.4. The molecular formula is C29H36N2O2. The monoisotopic (exact) mass is 444 g/mol. The number of benzene rings is 2. The van der Waals surface area contributed by atoms with Crippen LogP contribution in [0.4, 0.5) is 0 Å². The van der Waals surface area contributed by atoms with Crippen LogP contribution in [-0.2, 0) is 6.54 Å². The van der Waals surface area contributed by atoms with Gasteiger partial charge in [0.05, 0.1) is 6.54 Å². The first-order valence-electron chi connectivity index (χ1n) is 12.1. The van der Waals surface area contributed by atoms with Crippen molar-refractivity contribution in [1.82, 2.24) is 9.80 Å². The van der Waals surface area contributed by atoms with E-state index < -0.39 is 0 Å². The third-order valence-electron chi connectivity index (χ3n) is 6.55. The topological polar surface area (TPSA) is 36.7 Å². The van der Waals surface area contributed by atoms with Gasteiger partial charge in [0, 0.05) is 37.7 Å². The first kappa shape index (κ1) is 23.3. The molecule has 1 aliphatic rings. The zero-order chi connectivity index (χ0) is 23.4. The van der Waals surface area contributed by atoms with E-state index >= 15 is 0 Å². The lowest BCUT2D eigenvalue weighted by atomic mass is 9.88. The minimum Gasteiger partial charge on any atom is -0.465 e. The molecule has 2 aromatic carbocycles. The molecule has 4 rings (SSSR count). The van der Waals surface area contributed by atoms with E-state index in [1.807, 2.05) is 37.3 Å². The van der Waals surface area contributed by atoms with Gasteiger partial charge >= 0.3 is 0 Å². The normalized spacial score (nSPS) is 18.7. The Bertz CT molecular complexity index is 1040. The van der Waals surface area contributed by atoms with E-state index in [0.717, 1.165) is 49.8 Å². The molecule has 174 valence electrons. The van der Waals surface area contributed by atoms with Gasteiger partial charge < -0.3 is 9.32 Å². The number of carbonyl (C=O) groups is 1. The largest absolute Gasteiger partial charge is 0.465 e. The van der Waals surface area contributed by atoms with Gasteiger partial charge in [0.2, 0.25) is 0 Å². The zero-order valence-electron chi connectivity index (χ0n) is 20.3. The van der Waals surface area contributed by atoms with E-state index in [-0.39, 0.29) is 5.91 Å². The molecule has 3 aromatic rings. The number of amides is 1. The summed E-state index contributed by atoms with van der Waals surface area (Å²) in [4.78, 5) is 18.1. The molecule has 0 spiro atoms. The number of rotatable bonds is 8. The summed E-state index contributed by atoms with van der Waals surface area (Å²) in [6.07, 6.45) is 0. The fourth-order valence-electron chi connectivity index (χ4n) is 4.99. The molecule has 4 nitrogen and oxygen atoms in total. The molecule has 0 saturated carbocycles. The minimum absolute atomic E-state index is 0.135. The molecule has 0 aliphatic carbocycles. The average Bonchev–Trinajstić information content (AvgIpc) is 3.39. The molecule has 2 heterocycles. The number of aryl methyl sites for hydroxylation is 2. The van der Waals surface area contributed by atoms with E-state index in [2.05, 4.69) is 67.0 Å². The first-order valence-corrected chi connectivity index (χ1v) is 12.1. The van der Waals surface area contributed by atoms with Crippen molar-refractivity contribution in [2.45, 2.75) is 40.2 Å². The molecule has 4 heteroatoms. The predicted octanol–water partition coefficient (Wildman–Crippen LogP) is 5.91. The summed E-state index contributed by atoms with van der Waals surface area (Å²) in [5.41, 5.74) is 3.30. The SMILES string of the molecule is Cc1ccc(C(=O)N(CC(C)C)C[C@@H]2CN(Cc3ccc(C)o3)C[C@H]2c2ccccc2)cc1. The molecule has 0 radical (unpaired) electrons. The third kappa shape index (κ3) is 5.94. The van der Waals surface area contributed by atoms with Crippen molar-refractivity contribution in [2.24, 2.45) is 11.8 Å². The van der Waals surface area contributed by atoms with Crippen molar-refractivity contribution in [1.29, 1.82) is 0 Å². The summed E-state index contributed by atoms with van der Waals surface area (Å²) >= 11 is 0. The van der Waals surface area contributed by atoms with Crippen LogP contribution in [0.3, 0.4) is 0 Å². The molecule has 1 aliphatic heterocycles. The molecule has 33 heavy (non-hydrogen) atoms. The van der Waals surface area contributed by atoms with Gasteiger partial charge in [-0.05, 0) is 55.5 Å². The molecule has 1 aromatic heterocycles. The summed E-state index contributed by atoms with van der Waals surface area (Å²) < 4.78 is 5.85. The summed E-state index contributed by atoms with van der Waals surface area (Å²) in [6.45, 7) is 12.7. The minimum atomic E-state index is 0.135. The maximum Gasteiger partial charge on any atom is 0.253 e. The van der Waals surface area contributed by atoms with Crippen LogP contribution in [0.15, 0.2) is 71.1 Å². The van der Waals surface area contributed by atoms with Crippen LogP contribution in [0.1, 0.15) is 52.8 Å². The van der Waals surface area contributed by atoms with Crippen LogP contribution in [0.25, 0.3) is 0 Å². The maximum atomic E-state index is 13.5. The highest BCUT2D eigenvalue weighted by Crippen LogP contribution is 2.34. The first-order chi connectivity index (χ1) is 15.9. The van der Waals surface area contributed by atoms with Gasteiger partial charge in [0.25, 0.3) is 5.91 Å². The van der Waals surface area contributed by atoms with Crippen molar-refractivity contribution < 1.29 is 9.21 Å². The van der Waals surface area contributed by atoms with Crippen molar-refractivity contribution in [3.8, 4) is 0 Å². The van der Waals surface area contributed by atoms with E-state index in [0.29, 0.717) is 17.8 Å². The zero-order valence-corrected chi connectivity index (χ0v) is 20.3. The number of furan rings is 1. The Kier molecular flexibility index (Phi) is 7.34. The number of likely N-dealkylation sites (tertiary alicyclic amines) is 1. The van der Waals surface area contributed by atoms with Crippen LogP contribution in [-0.4, -0.2) is 41.9 Å². The second-order valence-corrected chi connectivity index (χ2v) is 9.95. The Labute approximate surface area is 198 Å². The summed E-state index contributed by atoms with van der Waals surface area (Å²) in [6, 6.07) is 22.8. The van der Waals surface area contributed by atoms with Crippen molar-refractivity contribution in [3.05, 3.63) is 94.9 Å². The lowest BCUT2D eigenvalue weighted by Crippen LogP contribution is -2.39. The highest BCUT2D eigenvalue weighted by atomic mass is 16.3. The summed E-state index contributed by atoms with van der Waals surface area (Å²) in [5.74, 6) is 3.27. The van der Waals surface area contributed by atoms with Gasteiger partial charge in [-0.2, -0.15) is 0 Å². The molecule has 0 N–H and O–H groups in total. The van der Waals surface area contributed by atoms with Crippen molar-refractivity contribution >= 4 is 5.91 Å².